The summed E-state index contributed by atoms with van der Waals surface area (Å²) in [5.41, 5.74) is 6.04. The third kappa shape index (κ3) is 1.49. The molecule has 2 saturated heterocycles. The summed E-state index contributed by atoms with van der Waals surface area (Å²) in [6.07, 6.45) is 8.20. The molecule has 3 rings (SSSR count). The molecule has 2 N–H and O–H groups in total. The molecule has 0 aliphatic carbocycles. The van der Waals surface area contributed by atoms with E-state index in [4.69, 9.17) is 5.73 Å². The van der Waals surface area contributed by atoms with Gasteiger partial charge in [-0.05, 0) is 31.7 Å². The summed E-state index contributed by atoms with van der Waals surface area (Å²) in [7, 11) is 0. The van der Waals surface area contributed by atoms with Crippen molar-refractivity contribution in [3.05, 3.63) is 18.6 Å². The van der Waals surface area contributed by atoms with E-state index in [2.05, 4.69) is 14.9 Å². The molecule has 1 aromatic heterocycles. The Balaban J connectivity index is 1.89. The van der Waals surface area contributed by atoms with Crippen molar-refractivity contribution < 1.29 is 0 Å². The number of nitrogens with two attached hydrogens (primary N) is 1. The molecule has 4 heteroatoms. The van der Waals surface area contributed by atoms with Crippen molar-refractivity contribution in [1.82, 2.24) is 9.97 Å². The molecule has 3 heterocycles. The monoisotopic (exact) mass is 204 g/mol. The molecule has 80 valence electrons. The SMILES string of the molecule is NC1CC2CCC(C1)N2c1ccncn1. The van der Waals surface area contributed by atoms with Crippen LogP contribution in [0.25, 0.3) is 0 Å². The Morgan fingerprint density at radius 2 is 2.00 bits per heavy atom. The highest BCUT2D eigenvalue weighted by Gasteiger charge is 2.40. The van der Waals surface area contributed by atoms with Crippen molar-refractivity contribution in [2.75, 3.05) is 4.90 Å². The van der Waals surface area contributed by atoms with E-state index in [9.17, 15) is 0 Å². The summed E-state index contributed by atoms with van der Waals surface area (Å²) < 4.78 is 0. The zero-order valence-electron chi connectivity index (χ0n) is 8.71. The lowest BCUT2D eigenvalue weighted by Gasteiger charge is -2.38. The first-order valence-electron chi connectivity index (χ1n) is 5.64. The van der Waals surface area contributed by atoms with Crippen LogP contribution in [0.5, 0.6) is 0 Å². The molecule has 4 nitrogen and oxygen atoms in total. The predicted octanol–water partition coefficient (Wildman–Crippen LogP) is 0.935. The van der Waals surface area contributed by atoms with E-state index in [-0.39, 0.29) is 0 Å². The Kier molecular flexibility index (Phi) is 2.09. The first-order valence-corrected chi connectivity index (χ1v) is 5.64. The van der Waals surface area contributed by atoms with Crippen LogP contribution >= 0.6 is 0 Å². The van der Waals surface area contributed by atoms with Crippen molar-refractivity contribution in [1.29, 1.82) is 0 Å². The van der Waals surface area contributed by atoms with Gasteiger partial charge < -0.3 is 10.6 Å². The van der Waals surface area contributed by atoms with E-state index in [1.807, 2.05) is 12.3 Å². The summed E-state index contributed by atoms with van der Waals surface area (Å²) in [6.45, 7) is 0. The van der Waals surface area contributed by atoms with E-state index in [0.717, 1.165) is 18.7 Å². The minimum atomic E-state index is 0.389. The zero-order chi connectivity index (χ0) is 10.3. The highest BCUT2D eigenvalue weighted by molar-refractivity contribution is 5.42. The van der Waals surface area contributed by atoms with Gasteiger partial charge in [-0.25, -0.2) is 9.97 Å². The maximum atomic E-state index is 6.04. The average molecular weight is 204 g/mol. The lowest BCUT2D eigenvalue weighted by Crippen LogP contribution is -2.47. The third-order valence-corrected chi connectivity index (χ3v) is 3.60. The average Bonchev–Trinajstić information content (AvgIpc) is 2.53. The van der Waals surface area contributed by atoms with Crippen LogP contribution in [-0.4, -0.2) is 28.1 Å². The number of anilines is 1. The van der Waals surface area contributed by atoms with Gasteiger partial charge in [-0.15, -0.1) is 0 Å². The van der Waals surface area contributed by atoms with Gasteiger partial charge in [-0.1, -0.05) is 0 Å². The van der Waals surface area contributed by atoms with Crippen LogP contribution in [0.4, 0.5) is 5.82 Å². The summed E-state index contributed by atoms with van der Waals surface area (Å²) in [5, 5.41) is 0. The Morgan fingerprint density at radius 1 is 1.27 bits per heavy atom. The van der Waals surface area contributed by atoms with Gasteiger partial charge in [0.05, 0.1) is 0 Å². The molecule has 2 aliphatic heterocycles. The first-order chi connectivity index (χ1) is 7.34. The zero-order valence-corrected chi connectivity index (χ0v) is 8.71. The molecule has 15 heavy (non-hydrogen) atoms. The van der Waals surface area contributed by atoms with Crippen LogP contribution in [0.3, 0.4) is 0 Å². The number of hydrogen-bond acceptors (Lipinski definition) is 4. The van der Waals surface area contributed by atoms with E-state index in [1.54, 1.807) is 6.33 Å². The number of piperidine rings is 1. The maximum absolute atomic E-state index is 6.04. The number of nitrogens with zero attached hydrogens (tertiary/aromatic N) is 3. The molecular weight excluding hydrogens is 188 g/mol. The Hall–Kier alpha value is -1.16. The summed E-state index contributed by atoms with van der Waals surface area (Å²) >= 11 is 0. The second-order valence-corrected chi connectivity index (χ2v) is 4.59. The lowest BCUT2D eigenvalue weighted by atomic mass is 9.98. The third-order valence-electron chi connectivity index (χ3n) is 3.60. The van der Waals surface area contributed by atoms with Crippen LogP contribution in [0.1, 0.15) is 25.7 Å². The Labute approximate surface area is 89.5 Å². The van der Waals surface area contributed by atoms with Gasteiger partial charge in [-0.2, -0.15) is 0 Å². The molecule has 2 unspecified atom stereocenters. The van der Waals surface area contributed by atoms with Gasteiger partial charge in [0.1, 0.15) is 12.1 Å². The highest BCUT2D eigenvalue weighted by Crippen LogP contribution is 2.37. The van der Waals surface area contributed by atoms with E-state index >= 15 is 0 Å². The van der Waals surface area contributed by atoms with Crippen molar-refractivity contribution >= 4 is 5.82 Å². The second-order valence-electron chi connectivity index (χ2n) is 4.59. The molecular formula is C11H16N4. The summed E-state index contributed by atoms with van der Waals surface area (Å²) in [4.78, 5) is 10.8. The molecule has 0 spiro atoms. The van der Waals surface area contributed by atoms with Crippen molar-refractivity contribution in [2.24, 2.45) is 5.73 Å². The molecule has 2 aliphatic rings. The minimum absolute atomic E-state index is 0.389. The van der Waals surface area contributed by atoms with E-state index < -0.39 is 0 Å². The highest BCUT2D eigenvalue weighted by atomic mass is 15.3. The fourth-order valence-electron chi connectivity index (χ4n) is 3.03. The van der Waals surface area contributed by atoms with Gasteiger partial charge in [0.25, 0.3) is 0 Å². The van der Waals surface area contributed by atoms with Gasteiger partial charge in [0.15, 0.2) is 0 Å². The second kappa shape index (κ2) is 3.45. The van der Waals surface area contributed by atoms with Crippen LogP contribution in [0.2, 0.25) is 0 Å². The number of hydrogen-bond donors (Lipinski definition) is 1. The van der Waals surface area contributed by atoms with E-state index in [1.165, 1.54) is 12.8 Å². The molecule has 2 bridgehead atoms. The number of fused-ring (bicyclic) bond motifs is 2. The molecule has 2 fully saturated rings. The van der Waals surface area contributed by atoms with Gasteiger partial charge in [-0.3, -0.25) is 0 Å². The standard InChI is InChI=1S/C11H16N4/c12-8-5-9-1-2-10(6-8)15(9)11-3-4-13-7-14-11/h3-4,7-10H,1-2,5-6,12H2. The van der Waals surface area contributed by atoms with Gasteiger partial charge in [0, 0.05) is 24.3 Å². The quantitative estimate of drug-likeness (QED) is 0.739. The van der Waals surface area contributed by atoms with Crippen molar-refractivity contribution in [2.45, 2.75) is 43.8 Å². The maximum Gasteiger partial charge on any atom is 0.132 e. The first kappa shape index (κ1) is 9.09. The van der Waals surface area contributed by atoms with Crippen LogP contribution in [0, 0.1) is 0 Å². The lowest BCUT2D eigenvalue weighted by molar-refractivity contribution is 0.412. The number of aromatic nitrogens is 2. The Morgan fingerprint density at radius 3 is 2.60 bits per heavy atom. The fraction of sp³-hybridized carbons (Fsp3) is 0.636. The minimum Gasteiger partial charge on any atom is -0.350 e. The topological polar surface area (TPSA) is 55.0 Å². The largest absolute Gasteiger partial charge is 0.350 e. The smallest absolute Gasteiger partial charge is 0.132 e. The molecule has 0 radical (unpaired) electrons. The molecule has 0 amide bonds. The number of rotatable bonds is 1. The van der Waals surface area contributed by atoms with Crippen LogP contribution in [0.15, 0.2) is 18.6 Å². The van der Waals surface area contributed by atoms with Crippen LogP contribution < -0.4 is 10.6 Å². The van der Waals surface area contributed by atoms with E-state index in [0.29, 0.717) is 18.1 Å². The summed E-state index contributed by atoms with van der Waals surface area (Å²) in [5.74, 6) is 1.07. The Bertz CT molecular complexity index is 326. The van der Waals surface area contributed by atoms with Crippen LogP contribution in [-0.2, 0) is 0 Å². The van der Waals surface area contributed by atoms with Gasteiger partial charge >= 0.3 is 0 Å². The predicted molar refractivity (Wildman–Crippen MR) is 58.5 cm³/mol. The van der Waals surface area contributed by atoms with Gasteiger partial charge in [0.2, 0.25) is 0 Å². The van der Waals surface area contributed by atoms with Crippen molar-refractivity contribution in [3.8, 4) is 0 Å². The summed E-state index contributed by atoms with van der Waals surface area (Å²) in [6, 6.07) is 3.60. The van der Waals surface area contributed by atoms with Crippen molar-refractivity contribution in [3.63, 3.8) is 0 Å². The normalized spacial score (nSPS) is 34.5. The molecule has 0 aromatic carbocycles. The molecule has 0 saturated carbocycles. The fourth-order valence-corrected chi connectivity index (χ4v) is 3.03. The molecule has 1 aromatic rings. The molecule has 2 atom stereocenters.